The van der Waals surface area contributed by atoms with Crippen molar-refractivity contribution in [3.8, 4) is 0 Å². The minimum absolute atomic E-state index is 0.525. The third kappa shape index (κ3) is 2.47. The van der Waals surface area contributed by atoms with Crippen LogP contribution in [0.3, 0.4) is 0 Å². The van der Waals surface area contributed by atoms with Crippen molar-refractivity contribution < 1.29 is 0 Å². The number of nitrogens with zero attached hydrogens (tertiary/aromatic N) is 1. The lowest BCUT2D eigenvalue weighted by atomic mass is 9.96. The lowest BCUT2D eigenvalue weighted by Gasteiger charge is -2.34. The summed E-state index contributed by atoms with van der Waals surface area (Å²) in [6, 6.07) is 7.18. The molecule has 0 amide bonds. The lowest BCUT2D eigenvalue weighted by molar-refractivity contribution is 0.201. The summed E-state index contributed by atoms with van der Waals surface area (Å²) < 4.78 is 1.18. The van der Waals surface area contributed by atoms with E-state index < -0.39 is 0 Å². The summed E-state index contributed by atoms with van der Waals surface area (Å²) in [6.45, 7) is 5.52. The topological polar surface area (TPSA) is 15.3 Å². The smallest absolute Gasteiger partial charge is 0.0472 e. The molecule has 0 bridgehead atoms. The molecule has 1 fully saturated rings. The Bertz CT molecular complexity index is 365. The molecule has 0 aliphatic carbocycles. The van der Waals surface area contributed by atoms with Crippen molar-refractivity contribution in [2.45, 2.75) is 19.4 Å². The molecule has 1 aliphatic rings. The number of benzene rings is 1. The van der Waals surface area contributed by atoms with Gasteiger partial charge in [-0.3, -0.25) is 4.90 Å². The van der Waals surface area contributed by atoms with Gasteiger partial charge in [-0.25, -0.2) is 0 Å². The molecule has 1 atom stereocenters. The predicted molar refractivity (Wildman–Crippen MR) is 71.8 cm³/mol. The van der Waals surface area contributed by atoms with Crippen LogP contribution in [0.4, 0.5) is 0 Å². The quantitative estimate of drug-likeness (QED) is 0.897. The summed E-state index contributed by atoms with van der Waals surface area (Å²) in [6.07, 6.45) is 1.10. The minimum Gasteiger partial charge on any atom is -0.314 e. The fraction of sp³-hybridized carbons (Fsp3) is 0.538. The zero-order valence-electron chi connectivity index (χ0n) is 9.96. The Balaban J connectivity index is 2.30. The zero-order valence-corrected chi connectivity index (χ0v) is 11.5. The Morgan fingerprint density at radius 3 is 3.00 bits per heavy atom. The van der Waals surface area contributed by atoms with Gasteiger partial charge < -0.3 is 5.32 Å². The van der Waals surface area contributed by atoms with Crippen molar-refractivity contribution in [2.24, 2.45) is 0 Å². The summed E-state index contributed by atoms with van der Waals surface area (Å²) in [5, 5.41) is 3.48. The van der Waals surface area contributed by atoms with E-state index in [0.29, 0.717) is 6.04 Å². The third-order valence-electron chi connectivity index (χ3n) is 3.36. The highest BCUT2D eigenvalue weighted by Gasteiger charge is 2.22. The van der Waals surface area contributed by atoms with Crippen molar-refractivity contribution in [3.63, 3.8) is 0 Å². The Labute approximate surface area is 106 Å². The average Bonchev–Trinajstić information content (AvgIpc) is 2.30. The van der Waals surface area contributed by atoms with E-state index >= 15 is 0 Å². The van der Waals surface area contributed by atoms with E-state index in [1.165, 1.54) is 15.6 Å². The second-order valence-corrected chi connectivity index (χ2v) is 5.31. The minimum atomic E-state index is 0.525. The zero-order chi connectivity index (χ0) is 11.5. The standard InChI is InChI=1S/C13H19BrN2/c1-3-10-8-11(14)4-5-12(10)13-9-15-6-7-16(13)2/h4-5,8,13,15H,3,6-7,9H2,1-2H3. The molecule has 2 nitrogen and oxygen atoms in total. The second kappa shape index (κ2) is 5.30. The van der Waals surface area contributed by atoms with E-state index in [9.17, 15) is 0 Å². The van der Waals surface area contributed by atoms with Crippen LogP contribution in [0.15, 0.2) is 22.7 Å². The molecule has 0 spiro atoms. The Morgan fingerprint density at radius 2 is 2.31 bits per heavy atom. The number of likely N-dealkylation sites (N-methyl/N-ethyl adjacent to an activating group) is 1. The van der Waals surface area contributed by atoms with E-state index in [1.54, 1.807) is 0 Å². The lowest BCUT2D eigenvalue weighted by Crippen LogP contribution is -2.44. The molecule has 1 aromatic rings. The van der Waals surface area contributed by atoms with Gasteiger partial charge in [-0.1, -0.05) is 28.9 Å². The monoisotopic (exact) mass is 282 g/mol. The molecule has 1 heterocycles. The van der Waals surface area contributed by atoms with Crippen LogP contribution < -0.4 is 5.32 Å². The molecule has 1 aromatic carbocycles. The van der Waals surface area contributed by atoms with Crippen LogP contribution in [-0.2, 0) is 6.42 Å². The summed E-state index contributed by atoms with van der Waals surface area (Å²) in [4.78, 5) is 2.44. The fourth-order valence-electron chi connectivity index (χ4n) is 2.36. The summed E-state index contributed by atoms with van der Waals surface area (Å²) >= 11 is 3.55. The number of rotatable bonds is 2. The number of piperazine rings is 1. The average molecular weight is 283 g/mol. The van der Waals surface area contributed by atoms with Gasteiger partial charge in [0.15, 0.2) is 0 Å². The molecule has 88 valence electrons. The first-order chi connectivity index (χ1) is 7.72. The van der Waals surface area contributed by atoms with Crippen LogP contribution >= 0.6 is 15.9 Å². The Morgan fingerprint density at radius 1 is 1.50 bits per heavy atom. The summed E-state index contributed by atoms with van der Waals surface area (Å²) in [7, 11) is 2.22. The van der Waals surface area contributed by atoms with Crippen molar-refractivity contribution in [2.75, 3.05) is 26.7 Å². The highest BCUT2D eigenvalue weighted by atomic mass is 79.9. The largest absolute Gasteiger partial charge is 0.314 e. The first kappa shape index (κ1) is 12.1. The fourth-order valence-corrected chi connectivity index (χ4v) is 2.77. The molecule has 3 heteroatoms. The van der Waals surface area contributed by atoms with Gasteiger partial charge in [0.05, 0.1) is 0 Å². The van der Waals surface area contributed by atoms with E-state index in [2.05, 4.69) is 58.3 Å². The number of hydrogen-bond donors (Lipinski definition) is 1. The van der Waals surface area contributed by atoms with Crippen LogP contribution in [0.5, 0.6) is 0 Å². The van der Waals surface area contributed by atoms with Gasteiger partial charge in [0.25, 0.3) is 0 Å². The number of hydrogen-bond acceptors (Lipinski definition) is 2. The highest BCUT2D eigenvalue weighted by molar-refractivity contribution is 9.10. The van der Waals surface area contributed by atoms with E-state index in [1.807, 2.05) is 0 Å². The van der Waals surface area contributed by atoms with Gasteiger partial charge in [-0.15, -0.1) is 0 Å². The highest BCUT2D eigenvalue weighted by Crippen LogP contribution is 2.27. The van der Waals surface area contributed by atoms with Gasteiger partial charge in [0, 0.05) is 30.1 Å². The molecule has 1 saturated heterocycles. The molecule has 1 N–H and O–H groups in total. The maximum Gasteiger partial charge on any atom is 0.0472 e. The van der Waals surface area contributed by atoms with Crippen molar-refractivity contribution in [1.82, 2.24) is 10.2 Å². The molecule has 0 radical (unpaired) electrons. The third-order valence-corrected chi connectivity index (χ3v) is 3.85. The molecule has 0 saturated carbocycles. The Kier molecular flexibility index (Phi) is 4.00. The predicted octanol–water partition coefficient (Wildman–Crippen LogP) is 2.59. The van der Waals surface area contributed by atoms with Gasteiger partial charge in [-0.2, -0.15) is 0 Å². The first-order valence-corrected chi connectivity index (χ1v) is 6.71. The van der Waals surface area contributed by atoms with E-state index in [-0.39, 0.29) is 0 Å². The molecule has 1 aliphatic heterocycles. The number of halogens is 1. The van der Waals surface area contributed by atoms with Gasteiger partial charge in [0.1, 0.15) is 0 Å². The number of aryl methyl sites for hydroxylation is 1. The molecular weight excluding hydrogens is 264 g/mol. The van der Waals surface area contributed by atoms with E-state index in [0.717, 1.165) is 26.1 Å². The molecule has 2 rings (SSSR count). The Hall–Kier alpha value is -0.380. The van der Waals surface area contributed by atoms with Crippen LogP contribution in [0.1, 0.15) is 24.1 Å². The molecular formula is C13H19BrN2. The normalized spacial score (nSPS) is 22.3. The van der Waals surface area contributed by atoms with Gasteiger partial charge in [-0.05, 0) is 36.7 Å². The maximum atomic E-state index is 3.55. The van der Waals surface area contributed by atoms with Crippen LogP contribution in [0, 0.1) is 0 Å². The molecule has 0 aromatic heterocycles. The van der Waals surface area contributed by atoms with E-state index in [4.69, 9.17) is 0 Å². The molecule has 1 unspecified atom stereocenters. The van der Waals surface area contributed by atoms with Crippen molar-refractivity contribution >= 4 is 15.9 Å². The number of nitrogens with one attached hydrogen (secondary N) is 1. The summed E-state index contributed by atoms with van der Waals surface area (Å²) in [5.41, 5.74) is 2.93. The van der Waals surface area contributed by atoms with Gasteiger partial charge >= 0.3 is 0 Å². The van der Waals surface area contributed by atoms with Crippen LogP contribution in [0.25, 0.3) is 0 Å². The van der Waals surface area contributed by atoms with Crippen molar-refractivity contribution in [1.29, 1.82) is 0 Å². The second-order valence-electron chi connectivity index (χ2n) is 4.40. The van der Waals surface area contributed by atoms with Gasteiger partial charge in [0.2, 0.25) is 0 Å². The maximum absolute atomic E-state index is 3.55. The van der Waals surface area contributed by atoms with Crippen molar-refractivity contribution in [3.05, 3.63) is 33.8 Å². The van der Waals surface area contributed by atoms with Crippen LogP contribution in [-0.4, -0.2) is 31.6 Å². The SMILES string of the molecule is CCc1cc(Br)ccc1C1CNCCN1C. The van der Waals surface area contributed by atoms with Crippen LogP contribution in [0.2, 0.25) is 0 Å². The summed E-state index contributed by atoms with van der Waals surface area (Å²) in [5.74, 6) is 0. The first-order valence-electron chi connectivity index (χ1n) is 5.91. The molecule has 16 heavy (non-hydrogen) atoms.